The largest absolute Gasteiger partial charge is 0.491 e. The maximum Gasteiger partial charge on any atom is 0.238 e. The van der Waals surface area contributed by atoms with Crippen LogP contribution in [-0.2, 0) is 16.0 Å². The van der Waals surface area contributed by atoms with E-state index >= 15 is 0 Å². The van der Waals surface area contributed by atoms with Crippen molar-refractivity contribution in [3.8, 4) is 5.75 Å². The fourth-order valence-electron chi connectivity index (χ4n) is 2.54. The Balaban J connectivity index is 1.73. The van der Waals surface area contributed by atoms with Crippen LogP contribution in [0.1, 0.15) is 18.4 Å². The fraction of sp³-hybridized carbons (Fsp3) is 0.381. The maximum absolute atomic E-state index is 12.1. The minimum Gasteiger partial charge on any atom is -0.491 e. The van der Waals surface area contributed by atoms with Crippen LogP contribution >= 0.6 is 0 Å². The Morgan fingerprint density at radius 1 is 0.962 bits per heavy atom. The van der Waals surface area contributed by atoms with Crippen molar-refractivity contribution in [3.63, 3.8) is 0 Å². The molecule has 2 aromatic carbocycles. The summed E-state index contributed by atoms with van der Waals surface area (Å²) in [6.45, 7) is 2.32. The van der Waals surface area contributed by atoms with Gasteiger partial charge in [0.25, 0.3) is 0 Å². The lowest BCUT2D eigenvalue weighted by Gasteiger charge is -2.13. The van der Waals surface area contributed by atoms with Crippen molar-refractivity contribution in [1.29, 1.82) is 0 Å². The third kappa shape index (κ3) is 7.68. The second-order valence-corrected chi connectivity index (χ2v) is 6.01. The molecule has 26 heavy (non-hydrogen) atoms. The first kappa shape index (κ1) is 19.9. The smallest absolute Gasteiger partial charge is 0.238 e. The molecule has 0 heterocycles. The van der Waals surface area contributed by atoms with Crippen LogP contribution in [0.5, 0.6) is 5.75 Å². The van der Waals surface area contributed by atoms with E-state index in [4.69, 9.17) is 9.47 Å². The molecule has 0 aliphatic rings. The molecule has 1 amide bonds. The Labute approximate surface area is 155 Å². The molecule has 0 saturated carbocycles. The van der Waals surface area contributed by atoms with E-state index in [1.807, 2.05) is 42.5 Å². The Morgan fingerprint density at radius 3 is 2.54 bits per heavy atom. The van der Waals surface area contributed by atoms with Gasteiger partial charge in [0, 0.05) is 13.7 Å². The topological polar surface area (TPSA) is 59.6 Å². The number of ether oxygens (including phenoxy) is 2. The number of amides is 1. The van der Waals surface area contributed by atoms with Crippen LogP contribution in [0.2, 0.25) is 0 Å². The summed E-state index contributed by atoms with van der Waals surface area (Å²) in [4.78, 5) is 12.1. The van der Waals surface area contributed by atoms with Crippen molar-refractivity contribution < 1.29 is 14.3 Å². The van der Waals surface area contributed by atoms with Crippen LogP contribution < -0.4 is 15.4 Å². The van der Waals surface area contributed by atoms with Gasteiger partial charge < -0.3 is 20.1 Å². The maximum atomic E-state index is 12.1. The summed E-state index contributed by atoms with van der Waals surface area (Å²) in [6, 6.07) is 17.9. The van der Waals surface area contributed by atoms with Crippen LogP contribution in [0.3, 0.4) is 0 Å². The predicted molar refractivity (Wildman–Crippen MR) is 105 cm³/mol. The molecule has 0 aromatic heterocycles. The number of nitrogens with one attached hydrogen (secondary N) is 2. The molecule has 0 fully saturated rings. The highest BCUT2D eigenvalue weighted by Gasteiger charge is 2.07. The molecular formula is C21H28N2O3. The number of anilines is 1. The van der Waals surface area contributed by atoms with E-state index in [1.54, 1.807) is 7.11 Å². The summed E-state index contributed by atoms with van der Waals surface area (Å²) < 4.78 is 10.8. The monoisotopic (exact) mass is 356 g/mol. The third-order valence-corrected chi connectivity index (χ3v) is 3.86. The van der Waals surface area contributed by atoms with Gasteiger partial charge in [-0.15, -0.1) is 0 Å². The molecule has 140 valence electrons. The number of hydrogen-bond acceptors (Lipinski definition) is 4. The van der Waals surface area contributed by atoms with Crippen molar-refractivity contribution in [2.24, 2.45) is 0 Å². The van der Waals surface area contributed by atoms with Gasteiger partial charge in [0.1, 0.15) is 5.75 Å². The van der Waals surface area contributed by atoms with Gasteiger partial charge in [0.2, 0.25) is 5.91 Å². The number of aryl methyl sites for hydroxylation is 1. The zero-order valence-corrected chi connectivity index (χ0v) is 15.4. The lowest BCUT2D eigenvalue weighted by atomic mass is 10.1. The SMILES string of the molecule is COCCCNCC(=O)Nc1ccccc1OCCCc1ccccc1. The van der Waals surface area contributed by atoms with Crippen molar-refractivity contribution in [2.45, 2.75) is 19.3 Å². The molecule has 0 unspecified atom stereocenters. The van der Waals surface area contributed by atoms with E-state index in [-0.39, 0.29) is 12.5 Å². The summed E-state index contributed by atoms with van der Waals surface area (Å²) >= 11 is 0. The normalized spacial score (nSPS) is 10.5. The van der Waals surface area contributed by atoms with Gasteiger partial charge in [-0.05, 0) is 43.5 Å². The van der Waals surface area contributed by atoms with Crippen LogP contribution in [0.4, 0.5) is 5.69 Å². The average Bonchev–Trinajstić information content (AvgIpc) is 2.67. The highest BCUT2D eigenvalue weighted by molar-refractivity contribution is 5.93. The lowest BCUT2D eigenvalue weighted by molar-refractivity contribution is -0.115. The molecule has 0 spiro atoms. The van der Waals surface area contributed by atoms with E-state index < -0.39 is 0 Å². The zero-order chi connectivity index (χ0) is 18.5. The number of benzene rings is 2. The number of methoxy groups -OCH3 is 1. The minimum atomic E-state index is -0.0808. The van der Waals surface area contributed by atoms with Gasteiger partial charge in [-0.1, -0.05) is 42.5 Å². The van der Waals surface area contributed by atoms with Crippen molar-refractivity contribution in [3.05, 3.63) is 60.2 Å². The standard InChI is InChI=1S/C21H28N2O3/c1-25-15-8-14-22-17-21(24)23-19-12-5-6-13-20(19)26-16-7-11-18-9-3-2-4-10-18/h2-6,9-10,12-13,22H,7-8,11,14-17H2,1H3,(H,23,24). The van der Waals surface area contributed by atoms with E-state index in [2.05, 4.69) is 22.8 Å². The lowest BCUT2D eigenvalue weighted by Crippen LogP contribution is -2.29. The first-order chi connectivity index (χ1) is 12.8. The van der Waals surface area contributed by atoms with E-state index in [9.17, 15) is 4.79 Å². The second-order valence-electron chi connectivity index (χ2n) is 6.01. The van der Waals surface area contributed by atoms with Gasteiger partial charge in [-0.3, -0.25) is 4.79 Å². The van der Waals surface area contributed by atoms with Gasteiger partial charge in [0.05, 0.1) is 18.8 Å². The van der Waals surface area contributed by atoms with Crippen molar-refractivity contribution in [1.82, 2.24) is 5.32 Å². The number of carbonyl (C=O) groups excluding carboxylic acids is 1. The van der Waals surface area contributed by atoms with Gasteiger partial charge >= 0.3 is 0 Å². The quantitative estimate of drug-likeness (QED) is 0.573. The fourth-order valence-corrected chi connectivity index (χ4v) is 2.54. The van der Waals surface area contributed by atoms with Crippen LogP contribution in [0.15, 0.2) is 54.6 Å². The molecule has 0 radical (unpaired) electrons. The van der Waals surface area contributed by atoms with E-state index in [1.165, 1.54) is 5.56 Å². The summed E-state index contributed by atoms with van der Waals surface area (Å²) in [5, 5.41) is 6.00. The Morgan fingerprint density at radius 2 is 1.73 bits per heavy atom. The number of para-hydroxylation sites is 2. The zero-order valence-electron chi connectivity index (χ0n) is 15.4. The molecular weight excluding hydrogens is 328 g/mol. The number of rotatable bonds is 12. The van der Waals surface area contributed by atoms with Crippen LogP contribution in [0.25, 0.3) is 0 Å². The molecule has 2 N–H and O–H groups in total. The summed E-state index contributed by atoms with van der Waals surface area (Å²) in [7, 11) is 1.67. The summed E-state index contributed by atoms with van der Waals surface area (Å²) in [5.41, 5.74) is 2.01. The van der Waals surface area contributed by atoms with Gasteiger partial charge in [0.15, 0.2) is 0 Å². The molecule has 2 rings (SSSR count). The highest BCUT2D eigenvalue weighted by Crippen LogP contribution is 2.23. The second kappa shape index (κ2) is 12.1. The van der Waals surface area contributed by atoms with Crippen molar-refractivity contribution in [2.75, 3.05) is 38.7 Å². The van der Waals surface area contributed by atoms with E-state index in [0.29, 0.717) is 24.7 Å². The Kier molecular flexibility index (Phi) is 9.25. The molecule has 0 aliphatic carbocycles. The summed E-state index contributed by atoms with van der Waals surface area (Å²) in [6.07, 6.45) is 2.78. The van der Waals surface area contributed by atoms with Crippen LogP contribution in [-0.4, -0.2) is 39.3 Å². The molecule has 2 aromatic rings. The first-order valence-electron chi connectivity index (χ1n) is 9.05. The highest BCUT2D eigenvalue weighted by atomic mass is 16.5. The van der Waals surface area contributed by atoms with Crippen LogP contribution in [0, 0.1) is 0 Å². The molecule has 5 nitrogen and oxygen atoms in total. The molecule has 0 bridgehead atoms. The number of carbonyl (C=O) groups is 1. The molecule has 0 aliphatic heterocycles. The van der Waals surface area contributed by atoms with E-state index in [0.717, 1.165) is 25.8 Å². The third-order valence-electron chi connectivity index (χ3n) is 3.86. The summed E-state index contributed by atoms with van der Waals surface area (Å²) in [5.74, 6) is 0.621. The molecule has 0 atom stereocenters. The Bertz CT molecular complexity index is 647. The van der Waals surface area contributed by atoms with Gasteiger partial charge in [-0.2, -0.15) is 0 Å². The molecule has 0 saturated heterocycles. The average molecular weight is 356 g/mol. The van der Waals surface area contributed by atoms with Crippen molar-refractivity contribution >= 4 is 11.6 Å². The Hall–Kier alpha value is -2.37. The first-order valence-corrected chi connectivity index (χ1v) is 9.05. The molecule has 5 heteroatoms. The van der Waals surface area contributed by atoms with Gasteiger partial charge in [-0.25, -0.2) is 0 Å². The minimum absolute atomic E-state index is 0.0808. The number of hydrogen-bond donors (Lipinski definition) is 2. The predicted octanol–water partition coefficient (Wildman–Crippen LogP) is 3.26.